The van der Waals surface area contributed by atoms with E-state index in [1.165, 1.54) is 25.1 Å². The van der Waals surface area contributed by atoms with Crippen LogP contribution in [0.1, 0.15) is 38.2 Å². The van der Waals surface area contributed by atoms with Crippen molar-refractivity contribution in [1.82, 2.24) is 15.5 Å². The summed E-state index contributed by atoms with van der Waals surface area (Å²) in [5.41, 5.74) is 1.34. The smallest absolute Gasteiger partial charge is 0.190 e. The first-order chi connectivity index (χ1) is 12.2. The van der Waals surface area contributed by atoms with Gasteiger partial charge in [-0.3, -0.25) is 4.99 Å². The van der Waals surface area contributed by atoms with E-state index in [2.05, 4.69) is 46.5 Å². The summed E-state index contributed by atoms with van der Waals surface area (Å²) in [4.78, 5) is 6.86. The molecule has 1 heterocycles. The second kappa shape index (κ2) is 10.3. The summed E-state index contributed by atoms with van der Waals surface area (Å²) in [6, 6.07) is 8.36. The lowest BCUT2D eigenvalue weighted by Crippen LogP contribution is -2.40. The highest BCUT2D eigenvalue weighted by molar-refractivity contribution is 5.79. The van der Waals surface area contributed by atoms with E-state index < -0.39 is 0 Å². The minimum atomic E-state index is 0.504. The van der Waals surface area contributed by atoms with E-state index in [0.29, 0.717) is 5.92 Å². The maximum absolute atomic E-state index is 5.22. The van der Waals surface area contributed by atoms with E-state index >= 15 is 0 Å². The molecule has 1 fully saturated rings. The Labute approximate surface area is 152 Å². The summed E-state index contributed by atoms with van der Waals surface area (Å²) in [7, 11) is 3.54. The van der Waals surface area contributed by atoms with Crippen LogP contribution >= 0.6 is 0 Å². The molecule has 1 aliphatic rings. The molecule has 2 rings (SSSR count). The van der Waals surface area contributed by atoms with Crippen LogP contribution in [0.4, 0.5) is 0 Å². The molecule has 2 unspecified atom stereocenters. The number of guanidine groups is 1. The van der Waals surface area contributed by atoms with Gasteiger partial charge in [0.05, 0.1) is 7.11 Å². The Balaban J connectivity index is 1.68. The topological polar surface area (TPSA) is 48.9 Å². The van der Waals surface area contributed by atoms with Crippen LogP contribution in [0.5, 0.6) is 5.75 Å². The predicted octanol–water partition coefficient (Wildman–Crippen LogP) is 2.70. The summed E-state index contributed by atoms with van der Waals surface area (Å²) in [6.45, 7) is 10.0. The van der Waals surface area contributed by atoms with Crippen molar-refractivity contribution in [3.63, 3.8) is 0 Å². The lowest BCUT2D eigenvalue weighted by atomic mass is 9.98. The van der Waals surface area contributed by atoms with E-state index in [9.17, 15) is 0 Å². The van der Waals surface area contributed by atoms with Crippen molar-refractivity contribution in [3.05, 3.63) is 29.8 Å². The Kier molecular flexibility index (Phi) is 8.06. The number of hydrogen-bond donors (Lipinski definition) is 2. The lowest BCUT2D eigenvalue weighted by molar-refractivity contribution is 0.342. The average molecular weight is 347 g/mol. The summed E-state index contributed by atoms with van der Waals surface area (Å²) in [5, 5.41) is 6.92. The summed E-state index contributed by atoms with van der Waals surface area (Å²) in [6.07, 6.45) is 2.35. The SMILES string of the molecule is CCN1CCC(CNC(=NC)NCCC(C)c2ccc(OC)cc2)C1. The second-order valence-corrected chi connectivity index (χ2v) is 6.89. The maximum Gasteiger partial charge on any atom is 0.190 e. The largest absolute Gasteiger partial charge is 0.497 e. The zero-order valence-corrected chi connectivity index (χ0v) is 16.2. The van der Waals surface area contributed by atoms with E-state index in [0.717, 1.165) is 43.7 Å². The fourth-order valence-electron chi connectivity index (χ4n) is 3.33. The van der Waals surface area contributed by atoms with Crippen LogP contribution in [-0.4, -0.2) is 57.7 Å². The number of nitrogens with one attached hydrogen (secondary N) is 2. The van der Waals surface area contributed by atoms with Gasteiger partial charge in [0.25, 0.3) is 0 Å². The molecule has 25 heavy (non-hydrogen) atoms. The van der Waals surface area contributed by atoms with Gasteiger partial charge in [-0.2, -0.15) is 0 Å². The molecule has 1 aliphatic heterocycles. The molecule has 1 saturated heterocycles. The highest BCUT2D eigenvalue weighted by Crippen LogP contribution is 2.21. The van der Waals surface area contributed by atoms with Gasteiger partial charge in [0.15, 0.2) is 5.96 Å². The molecule has 2 N–H and O–H groups in total. The van der Waals surface area contributed by atoms with Gasteiger partial charge in [0.1, 0.15) is 5.75 Å². The maximum atomic E-state index is 5.22. The van der Waals surface area contributed by atoms with Crippen molar-refractivity contribution in [2.75, 3.05) is 46.9 Å². The Morgan fingerprint density at radius 2 is 2.08 bits per heavy atom. The molecule has 5 heteroatoms. The van der Waals surface area contributed by atoms with E-state index in [1.807, 2.05) is 19.2 Å². The highest BCUT2D eigenvalue weighted by atomic mass is 16.5. The van der Waals surface area contributed by atoms with Gasteiger partial charge in [-0.05, 0) is 55.5 Å². The number of hydrogen-bond acceptors (Lipinski definition) is 3. The molecule has 0 amide bonds. The Hall–Kier alpha value is -1.75. The first-order valence-electron chi connectivity index (χ1n) is 9.47. The molecule has 0 saturated carbocycles. The highest BCUT2D eigenvalue weighted by Gasteiger charge is 2.20. The molecule has 0 spiro atoms. The Morgan fingerprint density at radius 1 is 1.32 bits per heavy atom. The zero-order chi connectivity index (χ0) is 18.1. The van der Waals surface area contributed by atoms with E-state index in [-0.39, 0.29) is 0 Å². The molecule has 0 bridgehead atoms. The molecular formula is C20H34N4O. The lowest BCUT2D eigenvalue weighted by Gasteiger charge is -2.17. The molecule has 0 aliphatic carbocycles. The normalized spacial score (nSPS) is 19.7. The van der Waals surface area contributed by atoms with Crippen molar-refractivity contribution >= 4 is 5.96 Å². The summed E-state index contributed by atoms with van der Waals surface area (Å²) in [5.74, 6) is 3.06. The third-order valence-electron chi connectivity index (χ3n) is 5.15. The zero-order valence-electron chi connectivity index (χ0n) is 16.2. The van der Waals surface area contributed by atoms with Gasteiger partial charge in [0.2, 0.25) is 0 Å². The predicted molar refractivity (Wildman–Crippen MR) is 106 cm³/mol. The average Bonchev–Trinajstić information content (AvgIpc) is 3.12. The molecule has 0 radical (unpaired) electrons. The summed E-state index contributed by atoms with van der Waals surface area (Å²) < 4.78 is 5.22. The van der Waals surface area contributed by atoms with Crippen LogP contribution in [0.2, 0.25) is 0 Å². The third kappa shape index (κ3) is 6.24. The first-order valence-corrected chi connectivity index (χ1v) is 9.47. The molecule has 1 aromatic rings. The van der Waals surface area contributed by atoms with Crippen LogP contribution < -0.4 is 15.4 Å². The first kappa shape index (κ1) is 19.6. The number of likely N-dealkylation sites (tertiary alicyclic amines) is 1. The Bertz CT molecular complexity index is 529. The van der Waals surface area contributed by atoms with Gasteiger partial charge in [0, 0.05) is 26.7 Å². The third-order valence-corrected chi connectivity index (χ3v) is 5.15. The number of aliphatic imine (C=N–C) groups is 1. The second-order valence-electron chi connectivity index (χ2n) is 6.89. The summed E-state index contributed by atoms with van der Waals surface area (Å²) >= 11 is 0. The van der Waals surface area contributed by atoms with Gasteiger partial charge in [-0.25, -0.2) is 0 Å². The van der Waals surface area contributed by atoms with Crippen LogP contribution in [-0.2, 0) is 0 Å². The van der Waals surface area contributed by atoms with Gasteiger partial charge in [-0.1, -0.05) is 26.0 Å². The fourth-order valence-corrected chi connectivity index (χ4v) is 3.33. The monoisotopic (exact) mass is 346 g/mol. The van der Waals surface area contributed by atoms with Gasteiger partial charge in [-0.15, -0.1) is 0 Å². The van der Waals surface area contributed by atoms with Crippen LogP contribution in [0.25, 0.3) is 0 Å². The molecular weight excluding hydrogens is 312 g/mol. The number of benzene rings is 1. The molecule has 5 nitrogen and oxygen atoms in total. The Morgan fingerprint density at radius 3 is 2.68 bits per heavy atom. The molecule has 1 aromatic carbocycles. The molecule has 0 aromatic heterocycles. The van der Waals surface area contributed by atoms with Crippen molar-refractivity contribution < 1.29 is 4.74 Å². The number of ether oxygens (including phenoxy) is 1. The van der Waals surface area contributed by atoms with E-state index in [1.54, 1.807) is 7.11 Å². The molecule has 140 valence electrons. The van der Waals surface area contributed by atoms with Crippen LogP contribution in [0, 0.1) is 5.92 Å². The standard InChI is InChI=1S/C20H34N4O/c1-5-24-13-11-17(15-24)14-23-20(21-3)22-12-10-16(2)18-6-8-19(25-4)9-7-18/h6-9,16-17H,5,10-15H2,1-4H3,(H2,21,22,23). The van der Waals surface area contributed by atoms with Crippen molar-refractivity contribution in [2.24, 2.45) is 10.9 Å². The minimum Gasteiger partial charge on any atom is -0.497 e. The number of methoxy groups -OCH3 is 1. The fraction of sp³-hybridized carbons (Fsp3) is 0.650. The van der Waals surface area contributed by atoms with Crippen LogP contribution in [0.15, 0.2) is 29.3 Å². The minimum absolute atomic E-state index is 0.504. The van der Waals surface area contributed by atoms with Crippen molar-refractivity contribution in [2.45, 2.75) is 32.6 Å². The number of rotatable bonds is 8. The van der Waals surface area contributed by atoms with Crippen LogP contribution in [0.3, 0.4) is 0 Å². The van der Waals surface area contributed by atoms with E-state index in [4.69, 9.17) is 4.74 Å². The van der Waals surface area contributed by atoms with Crippen molar-refractivity contribution in [3.8, 4) is 5.75 Å². The quantitative estimate of drug-likeness (QED) is 0.561. The van der Waals surface area contributed by atoms with Crippen molar-refractivity contribution in [1.29, 1.82) is 0 Å². The molecule has 2 atom stereocenters. The van der Waals surface area contributed by atoms with Gasteiger partial charge < -0.3 is 20.3 Å². The van der Waals surface area contributed by atoms with Gasteiger partial charge >= 0.3 is 0 Å². The number of nitrogens with zero attached hydrogens (tertiary/aromatic N) is 2.